The van der Waals surface area contributed by atoms with Crippen LogP contribution in [0.5, 0.6) is 0 Å². The van der Waals surface area contributed by atoms with Crippen LogP contribution >= 0.6 is 0 Å². The van der Waals surface area contributed by atoms with Gasteiger partial charge in [-0.05, 0) is 44.7 Å². The van der Waals surface area contributed by atoms with E-state index in [1.807, 2.05) is 24.0 Å². The van der Waals surface area contributed by atoms with E-state index in [0.29, 0.717) is 4.90 Å². The lowest BCUT2D eigenvalue weighted by Gasteiger charge is -2.34. The third-order valence-electron chi connectivity index (χ3n) is 5.86. The zero-order chi connectivity index (χ0) is 19.3. The van der Waals surface area contributed by atoms with Gasteiger partial charge in [0.2, 0.25) is 15.9 Å². The average Bonchev–Trinajstić information content (AvgIpc) is 2.96. The Labute approximate surface area is 163 Å². The van der Waals surface area contributed by atoms with Crippen molar-refractivity contribution < 1.29 is 13.2 Å². The first-order valence-electron chi connectivity index (χ1n) is 10.3. The minimum absolute atomic E-state index is 0.0269. The fourth-order valence-electron chi connectivity index (χ4n) is 4.18. The molecule has 150 valence electrons. The van der Waals surface area contributed by atoms with Crippen LogP contribution in [0, 0.1) is 6.92 Å². The highest BCUT2D eigenvalue weighted by atomic mass is 32.2. The highest BCUT2D eigenvalue weighted by Crippen LogP contribution is 2.28. The lowest BCUT2D eigenvalue weighted by molar-refractivity contribution is -0.131. The Morgan fingerprint density at radius 3 is 2.11 bits per heavy atom. The molecule has 0 aromatic heterocycles. The largest absolute Gasteiger partial charge is 0.342 e. The molecule has 0 atom stereocenters. The number of hydrogen-bond acceptors (Lipinski definition) is 3. The molecule has 0 spiro atoms. The van der Waals surface area contributed by atoms with Crippen molar-refractivity contribution in [1.29, 1.82) is 0 Å². The first-order chi connectivity index (χ1) is 13.0. The van der Waals surface area contributed by atoms with E-state index in [1.165, 1.54) is 4.31 Å². The fraction of sp³-hybridized carbons (Fsp3) is 0.667. The van der Waals surface area contributed by atoms with Gasteiger partial charge in [0.15, 0.2) is 0 Å². The molecule has 1 aromatic carbocycles. The molecule has 0 unspecified atom stereocenters. The summed E-state index contributed by atoms with van der Waals surface area (Å²) in [5.74, 6) is -0.0434. The summed E-state index contributed by atoms with van der Waals surface area (Å²) >= 11 is 0. The van der Waals surface area contributed by atoms with E-state index in [9.17, 15) is 13.2 Å². The number of sulfonamides is 1. The maximum Gasteiger partial charge on any atom is 0.243 e. The summed E-state index contributed by atoms with van der Waals surface area (Å²) in [6.07, 6.45) is 9.23. The monoisotopic (exact) mass is 392 g/mol. The van der Waals surface area contributed by atoms with Crippen LogP contribution in [0.2, 0.25) is 0 Å². The smallest absolute Gasteiger partial charge is 0.243 e. The SMILES string of the molecule is Cc1ccc(S(=O)(=O)N(CC(=O)N2CCCCCC2)C2CCCCC2)cc1. The van der Waals surface area contributed by atoms with Gasteiger partial charge in [-0.2, -0.15) is 4.31 Å². The van der Waals surface area contributed by atoms with E-state index in [1.54, 1.807) is 12.1 Å². The van der Waals surface area contributed by atoms with Crippen molar-refractivity contribution in [3.63, 3.8) is 0 Å². The van der Waals surface area contributed by atoms with Gasteiger partial charge in [0.25, 0.3) is 0 Å². The van der Waals surface area contributed by atoms with Gasteiger partial charge >= 0.3 is 0 Å². The maximum absolute atomic E-state index is 13.4. The first-order valence-corrected chi connectivity index (χ1v) is 11.8. The lowest BCUT2D eigenvalue weighted by Crippen LogP contribution is -2.48. The molecule has 6 heteroatoms. The van der Waals surface area contributed by atoms with Crippen LogP contribution in [0.15, 0.2) is 29.2 Å². The van der Waals surface area contributed by atoms with Crippen LogP contribution in [-0.2, 0) is 14.8 Å². The van der Waals surface area contributed by atoms with Gasteiger partial charge in [-0.1, -0.05) is 49.8 Å². The van der Waals surface area contributed by atoms with Gasteiger partial charge in [0.05, 0.1) is 11.4 Å². The van der Waals surface area contributed by atoms with E-state index in [2.05, 4.69) is 0 Å². The van der Waals surface area contributed by atoms with Crippen LogP contribution in [0.3, 0.4) is 0 Å². The topological polar surface area (TPSA) is 57.7 Å². The number of nitrogens with zero attached hydrogens (tertiary/aromatic N) is 2. The Hall–Kier alpha value is -1.40. The molecule has 1 saturated carbocycles. The van der Waals surface area contributed by atoms with Crippen molar-refractivity contribution in [2.75, 3.05) is 19.6 Å². The summed E-state index contributed by atoms with van der Waals surface area (Å²) in [5.41, 5.74) is 1.03. The number of likely N-dealkylation sites (tertiary alicyclic amines) is 1. The summed E-state index contributed by atoms with van der Waals surface area (Å²) in [6.45, 7) is 3.42. The Kier molecular flexibility index (Phi) is 6.93. The fourth-order valence-corrected chi connectivity index (χ4v) is 5.81. The first kappa shape index (κ1) is 20.3. The minimum atomic E-state index is -3.67. The quantitative estimate of drug-likeness (QED) is 0.767. The van der Waals surface area contributed by atoms with E-state index in [0.717, 1.165) is 76.4 Å². The van der Waals surface area contributed by atoms with Gasteiger partial charge in [-0.15, -0.1) is 0 Å². The number of rotatable bonds is 5. The van der Waals surface area contributed by atoms with Gasteiger partial charge in [0, 0.05) is 19.1 Å². The molecule has 27 heavy (non-hydrogen) atoms. The predicted octanol–water partition coefficient (Wildman–Crippen LogP) is 3.72. The minimum Gasteiger partial charge on any atom is -0.342 e. The number of carbonyl (C=O) groups is 1. The number of hydrogen-bond donors (Lipinski definition) is 0. The normalized spacial score (nSPS) is 19.9. The van der Waals surface area contributed by atoms with E-state index in [-0.39, 0.29) is 18.5 Å². The van der Waals surface area contributed by atoms with Crippen LogP contribution in [0.25, 0.3) is 0 Å². The predicted molar refractivity (Wildman–Crippen MR) is 107 cm³/mol. The standard InChI is InChI=1S/C21H32N2O3S/c1-18-11-13-20(14-12-18)27(25,26)23(19-9-5-4-6-10-19)17-21(24)22-15-7-2-3-8-16-22/h11-14,19H,2-10,15-17H2,1H3. The molecule has 1 aliphatic heterocycles. The number of aryl methyl sites for hydroxylation is 1. The molecule has 2 fully saturated rings. The number of carbonyl (C=O) groups excluding carboxylic acids is 1. The van der Waals surface area contributed by atoms with Crippen molar-refractivity contribution in [1.82, 2.24) is 9.21 Å². The Morgan fingerprint density at radius 1 is 0.963 bits per heavy atom. The molecule has 1 aliphatic carbocycles. The highest BCUT2D eigenvalue weighted by molar-refractivity contribution is 7.89. The summed E-state index contributed by atoms with van der Waals surface area (Å²) in [4.78, 5) is 15.1. The molecule has 1 saturated heterocycles. The summed E-state index contributed by atoms with van der Waals surface area (Å²) in [6, 6.07) is 6.90. The third-order valence-corrected chi connectivity index (χ3v) is 7.77. The Bertz CT molecular complexity index is 716. The van der Waals surface area contributed by atoms with E-state index < -0.39 is 10.0 Å². The second kappa shape index (κ2) is 9.20. The van der Waals surface area contributed by atoms with Crippen LogP contribution in [0.4, 0.5) is 0 Å². The molecule has 2 aliphatic rings. The molecule has 1 amide bonds. The van der Waals surface area contributed by atoms with Gasteiger partial charge in [0.1, 0.15) is 0 Å². The van der Waals surface area contributed by atoms with Gasteiger partial charge in [-0.25, -0.2) is 8.42 Å². The molecule has 0 bridgehead atoms. The summed E-state index contributed by atoms with van der Waals surface area (Å²) < 4.78 is 28.3. The molecular formula is C21H32N2O3S. The number of benzene rings is 1. The highest BCUT2D eigenvalue weighted by Gasteiger charge is 2.35. The van der Waals surface area contributed by atoms with E-state index in [4.69, 9.17) is 0 Å². The molecular weight excluding hydrogens is 360 g/mol. The lowest BCUT2D eigenvalue weighted by atomic mass is 9.95. The molecule has 1 aromatic rings. The molecule has 1 heterocycles. The maximum atomic E-state index is 13.4. The Balaban J connectivity index is 1.83. The van der Waals surface area contributed by atoms with Crippen molar-refractivity contribution in [3.8, 4) is 0 Å². The van der Waals surface area contributed by atoms with Crippen molar-refractivity contribution in [2.45, 2.75) is 75.6 Å². The second-order valence-corrected chi connectivity index (χ2v) is 9.84. The molecule has 3 rings (SSSR count). The van der Waals surface area contributed by atoms with Crippen LogP contribution in [-0.4, -0.2) is 49.2 Å². The molecule has 0 N–H and O–H groups in total. The third kappa shape index (κ3) is 5.11. The van der Waals surface area contributed by atoms with Crippen molar-refractivity contribution in [3.05, 3.63) is 29.8 Å². The van der Waals surface area contributed by atoms with Crippen LogP contribution < -0.4 is 0 Å². The zero-order valence-electron chi connectivity index (χ0n) is 16.4. The van der Waals surface area contributed by atoms with Crippen molar-refractivity contribution in [2.24, 2.45) is 0 Å². The molecule has 5 nitrogen and oxygen atoms in total. The number of amides is 1. The second-order valence-electron chi connectivity index (χ2n) is 7.95. The Morgan fingerprint density at radius 2 is 1.52 bits per heavy atom. The molecule has 0 radical (unpaired) electrons. The van der Waals surface area contributed by atoms with Gasteiger partial charge < -0.3 is 4.90 Å². The average molecular weight is 393 g/mol. The van der Waals surface area contributed by atoms with Gasteiger partial charge in [-0.3, -0.25) is 4.79 Å². The zero-order valence-corrected chi connectivity index (χ0v) is 17.2. The van der Waals surface area contributed by atoms with Crippen LogP contribution in [0.1, 0.15) is 63.4 Å². The van der Waals surface area contributed by atoms with E-state index >= 15 is 0 Å². The van der Waals surface area contributed by atoms with Crippen molar-refractivity contribution >= 4 is 15.9 Å². The summed E-state index contributed by atoms with van der Waals surface area (Å²) in [7, 11) is -3.67. The summed E-state index contributed by atoms with van der Waals surface area (Å²) in [5, 5.41) is 0.